The van der Waals surface area contributed by atoms with Gasteiger partial charge < -0.3 is 50.3 Å². The SMILES string of the molecule is C[C@@H]1NC(=O)N[C@@H]1CCCCCC(=O)NCCOCCOCCOCCN1CC(C2CC(OCC(=O)NC3CCC(NC(=O)COC4CCC(Cl)CC4)CC3)CCC2Cl)NN1. The maximum Gasteiger partial charge on any atom is 0.315 e. The van der Waals surface area contributed by atoms with Crippen molar-refractivity contribution >= 4 is 47.0 Å². The van der Waals surface area contributed by atoms with Gasteiger partial charge in [-0.3, -0.25) is 14.4 Å². The zero-order valence-electron chi connectivity index (χ0n) is 36.2. The summed E-state index contributed by atoms with van der Waals surface area (Å²) in [5.74, 6) is 0.0616. The number of nitrogens with one attached hydrogen (secondary N) is 7. The summed E-state index contributed by atoms with van der Waals surface area (Å²) in [6.07, 6.45) is 13.7. The molecule has 4 unspecified atom stereocenters. The van der Waals surface area contributed by atoms with Crippen LogP contribution in [0.5, 0.6) is 0 Å². The number of amides is 5. The molecule has 19 heteroatoms. The van der Waals surface area contributed by atoms with Crippen molar-refractivity contribution in [3.05, 3.63) is 0 Å². The first kappa shape index (κ1) is 49.9. The summed E-state index contributed by atoms with van der Waals surface area (Å²) in [7, 11) is 0. The minimum atomic E-state index is -0.0984. The predicted molar refractivity (Wildman–Crippen MR) is 232 cm³/mol. The molecule has 5 aliphatic rings. The summed E-state index contributed by atoms with van der Waals surface area (Å²) in [5, 5.41) is 17.3. The number of rotatable bonds is 27. The van der Waals surface area contributed by atoms with E-state index in [1.165, 1.54) is 0 Å². The number of hydrazine groups is 2. The molecular formula is C42H74Cl2N8O9. The molecule has 5 amide bonds. The molecule has 5 rings (SSSR count). The van der Waals surface area contributed by atoms with Crippen molar-refractivity contribution in [3.63, 3.8) is 0 Å². The highest BCUT2D eigenvalue weighted by molar-refractivity contribution is 6.21. The number of urea groups is 1. The number of carbonyl (C=O) groups excluding carboxylic acids is 4. The van der Waals surface area contributed by atoms with Gasteiger partial charge in [0.1, 0.15) is 13.2 Å². The molecule has 2 heterocycles. The molecule has 350 valence electrons. The van der Waals surface area contributed by atoms with Crippen LogP contribution in [0.3, 0.4) is 0 Å². The van der Waals surface area contributed by atoms with Crippen LogP contribution in [0.4, 0.5) is 4.79 Å². The Labute approximate surface area is 372 Å². The van der Waals surface area contributed by atoms with E-state index in [9.17, 15) is 19.2 Å². The topological polar surface area (TPSA) is 202 Å². The summed E-state index contributed by atoms with van der Waals surface area (Å²) in [4.78, 5) is 48.7. The van der Waals surface area contributed by atoms with Crippen LogP contribution in [0.1, 0.15) is 110 Å². The molecule has 0 aromatic heterocycles. The third-order valence-electron chi connectivity index (χ3n) is 12.6. The molecule has 6 atom stereocenters. The number of alkyl halides is 2. The second-order valence-corrected chi connectivity index (χ2v) is 18.6. The Bertz CT molecular complexity index is 1310. The molecule has 0 aromatic rings. The molecule has 3 aliphatic carbocycles. The Kier molecular flexibility index (Phi) is 22.9. The van der Waals surface area contributed by atoms with Gasteiger partial charge in [-0.05, 0) is 96.3 Å². The van der Waals surface area contributed by atoms with Gasteiger partial charge >= 0.3 is 6.03 Å². The Hall–Kier alpha value is -2.06. The lowest BCUT2D eigenvalue weighted by atomic mass is 9.82. The van der Waals surface area contributed by atoms with E-state index in [1.54, 1.807) is 0 Å². The minimum absolute atomic E-state index is 0.0253. The molecular weight excluding hydrogens is 831 g/mol. The van der Waals surface area contributed by atoms with Gasteiger partial charge in [-0.1, -0.05) is 12.8 Å². The Morgan fingerprint density at radius 2 is 1.34 bits per heavy atom. The van der Waals surface area contributed by atoms with E-state index in [4.69, 9.17) is 46.9 Å². The molecule has 0 radical (unpaired) electrons. The summed E-state index contributed by atoms with van der Waals surface area (Å²) >= 11 is 13.0. The van der Waals surface area contributed by atoms with Crippen molar-refractivity contribution in [1.82, 2.24) is 42.6 Å². The van der Waals surface area contributed by atoms with Gasteiger partial charge in [0.15, 0.2) is 0 Å². The van der Waals surface area contributed by atoms with Crippen LogP contribution >= 0.6 is 23.2 Å². The zero-order chi connectivity index (χ0) is 43.2. The first-order valence-corrected chi connectivity index (χ1v) is 23.9. The van der Waals surface area contributed by atoms with E-state index in [1.807, 2.05) is 6.92 Å². The fourth-order valence-corrected chi connectivity index (χ4v) is 9.60. The molecule has 17 nitrogen and oxygen atoms in total. The number of halogens is 2. The maximum atomic E-state index is 12.8. The first-order valence-electron chi connectivity index (χ1n) is 23.0. The van der Waals surface area contributed by atoms with Gasteiger partial charge in [-0.15, -0.1) is 23.2 Å². The van der Waals surface area contributed by atoms with E-state index in [0.717, 1.165) is 103 Å². The van der Waals surface area contributed by atoms with Crippen molar-refractivity contribution in [1.29, 1.82) is 0 Å². The van der Waals surface area contributed by atoms with Crippen LogP contribution in [0.2, 0.25) is 0 Å². The number of hydrogen-bond donors (Lipinski definition) is 7. The van der Waals surface area contributed by atoms with Crippen LogP contribution in [0.15, 0.2) is 0 Å². The molecule has 5 fully saturated rings. The van der Waals surface area contributed by atoms with Crippen molar-refractivity contribution in [2.24, 2.45) is 5.92 Å². The molecule has 0 aromatic carbocycles. The molecule has 3 saturated carbocycles. The molecule has 2 aliphatic heterocycles. The zero-order valence-corrected chi connectivity index (χ0v) is 37.8. The predicted octanol–water partition coefficient (Wildman–Crippen LogP) is 2.77. The van der Waals surface area contributed by atoms with E-state index in [2.05, 4.69) is 42.6 Å². The third-order valence-corrected chi connectivity index (χ3v) is 13.6. The number of unbranched alkanes of at least 4 members (excludes halogenated alkanes) is 2. The van der Waals surface area contributed by atoms with E-state index in [-0.39, 0.29) is 96.1 Å². The molecule has 7 N–H and O–H groups in total. The highest BCUT2D eigenvalue weighted by Gasteiger charge is 2.38. The molecule has 2 saturated heterocycles. The van der Waals surface area contributed by atoms with Crippen LogP contribution in [-0.2, 0) is 38.1 Å². The first-order chi connectivity index (χ1) is 29.6. The average Bonchev–Trinajstić information content (AvgIpc) is 3.85. The molecule has 0 spiro atoms. The van der Waals surface area contributed by atoms with Gasteiger partial charge in [0.25, 0.3) is 0 Å². The summed E-state index contributed by atoms with van der Waals surface area (Å²) < 4.78 is 28.9. The fraction of sp³-hybridized carbons (Fsp3) is 0.905. The van der Waals surface area contributed by atoms with E-state index >= 15 is 0 Å². The van der Waals surface area contributed by atoms with Crippen LogP contribution in [0, 0.1) is 5.92 Å². The van der Waals surface area contributed by atoms with E-state index < -0.39 is 0 Å². The smallest absolute Gasteiger partial charge is 0.315 e. The minimum Gasteiger partial charge on any atom is -0.378 e. The number of hydrogen-bond acceptors (Lipinski definition) is 12. The third kappa shape index (κ3) is 19.3. The van der Waals surface area contributed by atoms with Crippen LogP contribution in [-0.4, -0.2) is 154 Å². The highest BCUT2D eigenvalue weighted by atomic mass is 35.5. The lowest BCUT2D eigenvalue weighted by Gasteiger charge is -2.36. The lowest BCUT2D eigenvalue weighted by molar-refractivity contribution is -0.131. The number of ether oxygens (including phenoxy) is 5. The molecule has 0 bridgehead atoms. The van der Waals surface area contributed by atoms with Crippen LogP contribution < -0.4 is 37.5 Å². The van der Waals surface area contributed by atoms with Crippen molar-refractivity contribution in [2.45, 2.75) is 163 Å². The largest absolute Gasteiger partial charge is 0.378 e. The quantitative estimate of drug-likeness (QED) is 0.0471. The van der Waals surface area contributed by atoms with Crippen molar-refractivity contribution < 1.29 is 42.9 Å². The van der Waals surface area contributed by atoms with Gasteiger partial charge in [-0.2, -0.15) is 5.53 Å². The highest BCUT2D eigenvalue weighted by Crippen LogP contribution is 2.34. The van der Waals surface area contributed by atoms with Crippen LogP contribution in [0.25, 0.3) is 0 Å². The fourth-order valence-electron chi connectivity index (χ4n) is 8.94. The van der Waals surface area contributed by atoms with Gasteiger partial charge in [-0.25, -0.2) is 15.2 Å². The average molecular weight is 906 g/mol. The van der Waals surface area contributed by atoms with Gasteiger partial charge in [0.05, 0.1) is 57.9 Å². The Morgan fingerprint density at radius 1 is 0.721 bits per heavy atom. The summed E-state index contributed by atoms with van der Waals surface area (Å²) in [6.45, 7) is 6.93. The lowest BCUT2D eigenvalue weighted by Crippen LogP contribution is -2.47. The second-order valence-electron chi connectivity index (χ2n) is 17.4. The van der Waals surface area contributed by atoms with Gasteiger partial charge in [0.2, 0.25) is 17.7 Å². The summed E-state index contributed by atoms with van der Waals surface area (Å²) in [5.41, 5.74) is 6.65. The van der Waals surface area contributed by atoms with Gasteiger partial charge in [0, 0.05) is 61.0 Å². The maximum absolute atomic E-state index is 12.8. The normalized spacial score (nSPS) is 30.7. The van der Waals surface area contributed by atoms with Crippen molar-refractivity contribution in [2.75, 3.05) is 72.5 Å². The Balaban J connectivity index is 0.800. The Morgan fingerprint density at radius 3 is 2.00 bits per heavy atom. The molecule has 61 heavy (non-hydrogen) atoms. The number of carbonyl (C=O) groups is 4. The second kappa shape index (κ2) is 28.0. The summed E-state index contributed by atoms with van der Waals surface area (Å²) in [6, 6.07) is 0.569. The van der Waals surface area contributed by atoms with E-state index in [0.29, 0.717) is 59.2 Å². The van der Waals surface area contributed by atoms with Crippen molar-refractivity contribution in [3.8, 4) is 0 Å². The standard InChI is InChI=1S/C42H74Cl2N8O9/c1-29-37(49-42(56)46-29)5-3-2-4-6-39(53)45-17-19-57-21-23-59-24-22-58-20-18-52-26-38(50-51-52)35-25-34(15-16-36(35)44)61-28-41(55)48-32-11-9-31(10-12-32)47-40(54)27-60-33-13-7-30(43)8-14-33/h29-38,50-51H,2-28H2,1H3,(H,45,53)(H,47,54)(H,48,55)(H2,46,49,56)/t29-,30?,31?,32?,33?,34?,35?,36?,37+,38?/m0/s1. The monoisotopic (exact) mass is 904 g/mol. The number of nitrogens with zero attached hydrogens (tertiary/aromatic N) is 1.